The SMILES string of the molecule is COCC(C)OCC(O)CNCCC1=CCCC1. The summed E-state index contributed by atoms with van der Waals surface area (Å²) in [5.41, 5.74) is 1.56. The molecule has 2 atom stereocenters. The molecule has 0 radical (unpaired) electrons. The van der Waals surface area contributed by atoms with Gasteiger partial charge in [-0.05, 0) is 39.2 Å². The molecule has 4 nitrogen and oxygen atoms in total. The molecule has 0 aromatic heterocycles. The van der Waals surface area contributed by atoms with Gasteiger partial charge in [-0.3, -0.25) is 0 Å². The molecular formula is C14H27NO3. The minimum absolute atomic E-state index is 0.0355. The van der Waals surface area contributed by atoms with Crippen LogP contribution in [0.5, 0.6) is 0 Å². The topological polar surface area (TPSA) is 50.7 Å². The Bertz CT molecular complexity index is 243. The Kier molecular flexibility index (Phi) is 8.25. The van der Waals surface area contributed by atoms with Gasteiger partial charge in [-0.25, -0.2) is 0 Å². The van der Waals surface area contributed by atoms with E-state index in [9.17, 15) is 5.11 Å². The molecule has 2 unspecified atom stereocenters. The van der Waals surface area contributed by atoms with Crippen LogP contribution in [0.2, 0.25) is 0 Å². The highest BCUT2D eigenvalue weighted by molar-refractivity contribution is 5.07. The lowest BCUT2D eigenvalue weighted by atomic mass is 10.2. The number of hydrogen-bond acceptors (Lipinski definition) is 4. The summed E-state index contributed by atoms with van der Waals surface area (Å²) < 4.78 is 10.4. The van der Waals surface area contributed by atoms with Crippen molar-refractivity contribution in [1.29, 1.82) is 0 Å². The van der Waals surface area contributed by atoms with Gasteiger partial charge in [0, 0.05) is 13.7 Å². The third-order valence-electron chi connectivity index (χ3n) is 3.11. The Morgan fingerprint density at radius 2 is 2.28 bits per heavy atom. The fraction of sp³-hybridized carbons (Fsp3) is 0.857. The van der Waals surface area contributed by atoms with Crippen molar-refractivity contribution in [2.24, 2.45) is 0 Å². The maximum absolute atomic E-state index is 9.72. The first-order valence-electron chi connectivity index (χ1n) is 6.89. The molecule has 1 aliphatic carbocycles. The molecule has 0 fully saturated rings. The molecule has 1 rings (SSSR count). The summed E-state index contributed by atoms with van der Waals surface area (Å²) in [4.78, 5) is 0. The number of hydrogen-bond donors (Lipinski definition) is 2. The van der Waals surface area contributed by atoms with Crippen molar-refractivity contribution in [2.45, 2.75) is 44.8 Å². The Labute approximate surface area is 110 Å². The number of allylic oxidation sites excluding steroid dienone is 1. The first kappa shape index (κ1) is 15.6. The van der Waals surface area contributed by atoms with Gasteiger partial charge in [0.15, 0.2) is 0 Å². The molecule has 18 heavy (non-hydrogen) atoms. The molecule has 0 amide bonds. The highest BCUT2D eigenvalue weighted by Crippen LogP contribution is 2.19. The van der Waals surface area contributed by atoms with Gasteiger partial charge in [-0.2, -0.15) is 0 Å². The summed E-state index contributed by atoms with van der Waals surface area (Å²) in [6.45, 7) is 4.40. The lowest BCUT2D eigenvalue weighted by Gasteiger charge is -2.16. The van der Waals surface area contributed by atoms with Crippen LogP contribution in [0.25, 0.3) is 0 Å². The lowest BCUT2D eigenvalue weighted by Crippen LogP contribution is -2.32. The predicted molar refractivity (Wildman–Crippen MR) is 72.7 cm³/mol. The van der Waals surface area contributed by atoms with E-state index in [2.05, 4.69) is 11.4 Å². The van der Waals surface area contributed by atoms with Gasteiger partial charge in [0.2, 0.25) is 0 Å². The molecule has 106 valence electrons. The van der Waals surface area contributed by atoms with Crippen LogP contribution in [0.4, 0.5) is 0 Å². The Morgan fingerprint density at radius 3 is 2.94 bits per heavy atom. The molecule has 0 bridgehead atoms. The molecule has 0 spiro atoms. The maximum Gasteiger partial charge on any atom is 0.0897 e. The van der Waals surface area contributed by atoms with E-state index in [1.807, 2.05) is 6.92 Å². The summed E-state index contributed by atoms with van der Waals surface area (Å²) in [6, 6.07) is 0. The van der Waals surface area contributed by atoms with E-state index in [0.29, 0.717) is 19.8 Å². The lowest BCUT2D eigenvalue weighted by molar-refractivity contribution is -0.0310. The van der Waals surface area contributed by atoms with Gasteiger partial charge < -0.3 is 19.9 Å². The van der Waals surface area contributed by atoms with Crippen molar-refractivity contribution in [3.05, 3.63) is 11.6 Å². The van der Waals surface area contributed by atoms with E-state index < -0.39 is 6.10 Å². The van der Waals surface area contributed by atoms with Crippen LogP contribution in [0.15, 0.2) is 11.6 Å². The third kappa shape index (κ3) is 7.11. The van der Waals surface area contributed by atoms with E-state index in [-0.39, 0.29) is 6.10 Å². The van der Waals surface area contributed by atoms with Crippen molar-refractivity contribution in [3.63, 3.8) is 0 Å². The quantitative estimate of drug-likeness (QED) is 0.460. The molecule has 0 saturated heterocycles. The minimum Gasteiger partial charge on any atom is -0.389 e. The second-order valence-electron chi connectivity index (χ2n) is 4.96. The summed E-state index contributed by atoms with van der Waals surface area (Å²) in [7, 11) is 1.65. The van der Waals surface area contributed by atoms with E-state index in [1.54, 1.807) is 12.7 Å². The first-order chi connectivity index (χ1) is 8.72. The van der Waals surface area contributed by atoms with Gasteiger partial charge >= 0.3 is 0 Å². The Balaban J connectivity index is 1.94. The largest absolute Gasteiger partial charge is 0.389 e. The fourth-order valence-corrected chi connectivity index (χ4v) is 2.10. The zero-order chi connectivity index (χ0) is 13.2. The Hall–Kier alpha value is -0.420. The average molecular weight is 257 g/mol. The van der Waals surface area contributed by atoms with Crippen LogP contribution < -0.4 is 5.32 Å². The van der Waals surface area contributed by atoms with E-state index >= 15 is 0 Å². The second kappa shape index (κ2) is 9.50. The standard InChI is InChI=1S/C14H27NO3/c1-12(10-17-2)18-11-14(16)9-15-8-7-13-5-3-4-6-13/h5,12,14-16H,3-4,6-11H2,1-2H3. The van der Waals surface area contributed by atoms with Crippen molar-refractivity contribution in [3.8, 4) is 0 Å². The summed E-state index contributed by atoms with van der Waals surface area (Å²) in [5.74, 6) is 0. The molecule has 0 saturated carbocycles. The number of ether oxygens (including phenoxy) is 2. The number of aliphatic hydroxyl groups is 1. The number of aliphatic hydroxyl groups excluding tert-OH is 1. The van der Waals surface area contributed by atoms with Crippen molar-refractivity contribution < 1.29 is 14.6 Å². The zero-order valence-electron chi connectivity index (χ0n) is 11.7. The molecule has 4 heteroatoms. The van der Waals surface area contributed by atoms with Crippen LogP contribution in [-0.2, 0) is 9.47 Å². The second-order valence-corrected chi connectivity index (χ2v) is 4.96. The van der Waals surface area contributed by atoms with Gasteiger partial charge in [0.1, 0.15) is 0 Å². The average Bonchev–Trinajstić information content (AvgIpc) is 2.85. The minimum atomic E-state index is -0.443. The van der Waals surface area contributed by atoms with E-state index in [0.717, 1.165) is 13.0 Å². The zero-order valence-corrected chi connectivity index (χ0v) is 11.7. The van der Waals surface area contributed by atoms with Crippen LogP contribution in [0.1, 0.15) is 32.6 Å². The van der Waals surface area contributed by atoms with Crippen molar-refractivity contribution in [1.82, 2.24) is 5.32 Å². The number of nitrogens with one attached hydrogen (secondary N) is 1. The van der Waals surface area contributed by atoms with E-state index in [1.165, 1.54) is 19.3 Å². The van der Waals surface area contributed by atoms with Gasteiger partial charge in [-0.15, -0.1) is 0 Å². The molecule has 0 heterocycles. The third-order valence-corrected chi connectivity index (χ3v) is 3.11. The highest BCUT2D eigenvalue weighted by atomic mass is 16.5. The summed E-state index contributed by atoms with van der Waals surface area (Å²) in [5, 5.41) is 13.0. The van der Waals surface area contributed by atoms with Gasteiger partial charge in [0.25, 0.3) is 0 Å². The van der Waals surface area contributed by atoms with Crippen LogP contribution in [-0.4, -0.2) is 50.7 Å². The van der Waals surface area contributed by atoms with E-state index in [4.69, 9.17) is 9.47 Å². The molecule has 1 aliphatic rings. The van der Waals surface area contributed by atoms with Crippen LogP contribution >= 0.6 is 0 Å². The predicted octanol–water partition coefficient (Wildman–Crippen LogP) is 1.49. The normalized spacial score (nSPS) is 18.7. The number of methoxy groups -OCH3 is 1. The molecule has 0 aliphatic heterocycles. The first-order valence-corrected chi connectivity index (χ1v) is 6.89. The van der Waals surface area contributed by atoms with Crippen LogP contribution in [0.3, 0.4) is 0 Å². The Morgan fingerprint density at radius 1 is 1.44 bits per heavy atom. The maximum atomic E-state index is 9.72. The number of rotatable bonds is 10. The smallest absolute Gasteiger partial charge is 0.0897 e. The van der Waals surface area contributed by atoms with Crippen molar-refractivity contribution >= 4 is 0 Å². The molecule has 0 aromatic carbocycles. The summed E-state index contributed by atoms with van der Waals surface area (Å²) in [6.07, 6.45) is 6.84. The molecular weight excluding hydrogens is 230 g/mol. The van der Waals surface area contributed by atoms with Crippen molar-refractivity contribution in [2.75, 3.05) is 33.4 Å². The molecule has 0 aromatic rings. The summed E-state index contributed by atoms with van der Waals surface area (Å²) >= 11 is 0. The molecule has 2 N–H and O–H groups in total. The monoisotopic (exact) mass is 257 g/mol. The van der Waals surface area contributed by atoms with Gasteiger partial charge in [0.05, 0.1) is 25.4 Å². The highest BCUT2D eigenvalue weighted by Gasteiger charge is 2.08. The fourth-order valence-electron chi connectivity index (χ4n) is 2.10. The van der Waals surface area contributed by atoms with Crippen LogP contribution in [0, 0.1) is 0 Å². The van der Waals surface area contributed by atoms with Gasteiger partial charge in [-0.1, -0.05) is 11.6 Å².